The maximum Gasteiger partial charge on any atom is 0.416 e. The first-order valence-electron chi connectivity index (χ1n) is 9.80. The van der Waals surface area contributed by atoms with Gasteiger partial charge in [0.05, 0.1) is 12.7 Å². The number of hydrogen-bond acceptors (Lipinski definition) is 4. The highest BCUT2D eigenvalue weighted by molar-refractivity contribution is 6.31. The van der Waals surface area contributed by atoms with E-state index in [1.165, 1.54) is 24.3 Å². The van der Waals surface area contributed by atoms with Crippen LogP contribution in [0.25, 0.3) is 22.0 Å². The van der Waals surface area contributed by atoms with Gasteiger partial charge in [0.1, 0.15) is 17.2 Å². The highest BCUT2D eigenvalue weighted by atomic mass is 35.5. The van der Waals surface area contributed by atoms with Gasteiger partial charge in [0.15, 0.2) is 0 Å². The van der Waals surface area contributed by atoms with E-state index in [9.17, 15) is 23.1 Å². The number of methoxy groups -OCH3 is 1. The quantitative estimate of drug-likeness (QED) is 0.322. The molecule has 0 unspecified atom stereocenters. The van der Waals surface area contributed by atoms with Crippen molar-refractivity contribution in [3.63, 3.8) is 0 Å². The number of aromatic amines is 1. The molecular weight excluding hydrogens is 457 g/mol. The molecule has 0 aliphatic rings. The fraction of sp³-hybridized carbons (Fsp3) is 0.125. The minimum Gasteiger partial charge on any atom is -0.507 e. The molecule has 0 aliphatic heterocycles. The van der Waals surface area contributed by atoms with Gasteiger partial charge in [-0.05, 0) is 54.1 Å². The second kappa shape index (κ2) is 8.71. The number of phenols is 1. The van der Waals surface area contributed by atoms with Crippen molar-refractivity contribution in [1.29, 1.82) is 0 Å². The third-order valence-corrected chi connectivity index (χ3v) is 5.43. The van der Waals surface area contributed by atoms with Crippen molar-refractivity contribution in [3.05, 3.63) is 87.2 Å². The average molecular weight is 475 g/mol. The summed E-state index contributed by atoms with van der Waals surface area (Å²) >= 11 is 6.11. The molecule has 1 heterocycles. The highest BCUT2D eigenvalue weighted by Crippen LogP contribution is 2.41. The summed E-state index contributed by atoms with van der Waals surface area (Å²) < 4.78 is 45.4. The number of phenolic OH excluding ortho intramolecular Hbond substituents is 1. The Balaban J connectivity index is 1.92. The van der Waals surface area contributed by atoms with Crippen molar-refractivity contribution < 1.29 is 23.0 Å². The molecule has 3 aromatic carbocycles. The van der Waals surface area contributed by atoms with Gasteiger partial charge in [0.2, 0.25) is 0 Å². The van der Waals surface area contributed by atoms with Crippen LogP contribution in [0.1, 0.15) is 11.1 Å². The molecule has 0 amide bonds. The number of H-pyrrole nitrogens is 1. The van der Waals surface area contributed by atoms with Gasteiger partial charge in [-0.15, -0.1) is 0 Å². The van der Waals surface area contributed by atoms with Crippen LogP contribution < -0.4 is 15.6 Å². The van der Waals surface area contributed by atoms with Gasteiger partial charge < -0.3 is 20.1 Å². The summed E-state index contributed by atoms with van der Waals surface area (Å²) in [7, 11) is 1.54. The van der Waals surface area contributed by atoms with Gasteiger partial charge in [0.25, 0.3) is 5.56 Å². The lowest BCUT2D eigenvalue weighted by Gasteiger charge is -2.17. The normalized spacial score (nSPS) is 11.5. The smallest absolute Gasteiger partial charge is 0.416 e. The van der Waals surface area contributed by atoms with Crippen LogP contribution in [0.2, 0.25) is 5.02 Å². The van der Waals surface area contributed by atoms with Gasteiger partial charge >= 0.3 is 6.18 Å². The Morgan fingerprint density at radius 3 is 2.45 bits per heavy atom. The van der Waals surface area contributed by atoms with E-state index in [0.29, 0.717) is 5.75 Å². The molecule has 170 valence electrons. The van der Waals surface area contributed by atoms with Gasteiger partial charge in [-0.3, -0.25) is 4.79 Å². The predicted molar refractivity (Wildman–Crippen MR) is 122 cm³/mol. The number of aromatic nitrogens is 1. The van der Waals surface area contributed by atoms with E-state index < -0.39 is 17.3 Å². The van der Waals surface area contributed by atoms with Crippen LogP contribution in [0.5, 0.6) is 11.5 Å². The third-order valence-electron chi connectivity index (χ3n) is 5.20. The molecule has 4 rings (SSSR count). The summed E-state index contributed by atoms with van der Waals surface area (Å²) in [6.07, 6.45) is -4.59. The molecule has 5 nitrogen and oxygen atoms in total. The van der Waals surface area contributed by atoms with Crippen LogP contribution in [0, 0.1) is 0 Å². The number of hydrogen-bond donors (Lipinski definition) is 3. The van der Waals surface area contributed by atoms with Gasteiger partial charge in [-0.25, -0.2) is 0 Å². The minimum atomic E-state index is -4.59. The van der Waals surface area contributed by atoms with Gasteiger partial charge in [-0.2, -0.15) is 13.2 Å². The molecule has 0 bridgehead atoms. The zero-order chi connectivity index (χ0) is 23.8. The number of rotatable bonds is 5. The summed E-state index contributed by atoms with van der Waals surface area (Å²) in [6, 6.07) is 14.3. The Labute approximate surface area is 191 Å². The highest BCUT2D eigenvalue weighted by Gasteiger charge is 2.31. The van der Waals surface area contributed by atoms with Crippen molar-refractivity contribution in [2.24, 2.45) is 0 Å². The summed E-state index contributed by atoms with van der Waals surface area (Å²) in [6.45, 7) is 0.200. The molecule has 9 heteroatoms. The lowest BCUT2D eigenvalue weighted by atomic mass is 9.96. The summed E-state index contributed by atoms with van der Waals surface area (Å²) in [5.41, 5.74) is -0.173. The molecule has 1 aromatic heterocycles. The van der Waals surface area contributed by atoms with Crippen LogP contribution in [0.4, 0.5) is 18.9 Å². The molecule has 0 fully saturated rings. The van der Waals surface area contributed by atoms with E-state index >= 15 is 0 Å². The van der Waals surface area contributed by atoms with Gasteiger partial charge in [-0.1, -0.05) is 23.7 Å². The monoisotopic (exact) mass is 474 g/mol. The molecule has 33 heavy (non-hydrogen) atoms. The topological polar surface area (TPSA) is 74.3 Å². The minimum absolute atomic E-state index is 0.00945. The number of anilines is 1. The van der Waals surface area contributed by atoms with Gasteiger partial charge in [0, 0.05) is 33.6 Å². The second-order valence-corrected chi connectivity index (χ2v) is 7.76. The zero-order valence-electron chi connectivity index (χ0n) is 17.3. The number of benzene rings is 3. The number of nitrogens with one attached hydrogen (secondary N) is 2. The Morgan fingerprint density at radius 2 is 1.79 bits per heavy atom. The van der Waals surface area contributed by atoms with E-state index in [4.69, 9.17) is 16.3 Å². The molecule has 0 saturated carbocycles. The van der Waals surface area contributed by atoms with E-state index in [0.717, 1.165) is 17.7 Å². The molecule has 0 spiro atoms. The van der Waals surface area contributed by atoms with E-state index in [-0.39, 0.29) is 45.0 Å². The Kier molecular flexibility index (Phi) is 5.95. The van der Waals surface area contributed by atoms with Crippen molar-refractivity contribution in [3.8, 4) is 22.6 Å². The number of alkyl halides is 3. The van der Waals surface area contributed by atoms with Crippen LogP contribution in [0.15, 0.2) is 65.5 Å². The predicted octanol–water partition coefficient (Wildman–Crippen LogP) is 6.19. The Bertz CT molecular complexity index is 1380. The molecule has 0 atom stereocenters. The molecule has 0 saturated heterocycles. The third kappa shape index (κ3) is 4.61. The van der Waals surface area contributed by atoms with Crippen LogP contribution in [0.3, 0.4) is 0 Å². The summed E-state index contributed by atoms with van der Waals surface area (Å²) in [5, 5.41) is 13.9. The first-order valence-corrected chi connectivity index (χ1v) is 10.2. The Hall–Kier alpha value is -3.65. The lowest BCUT2D eigenvalue weighted by molar-refractivity contribution is -0.137. The standard InChI is InChI=1S/C24H18ClF3N2O3/c1-33-16-6-2-13(3-7-16)12-29-22-21(18-11-15(25)5-9-20(18)31)17-10-14(24(26,27)28)4-8-19(17)30-23(22)32/h2-11,29,31H,12H2,1H3,(H,30,32). The maximum atomic E-state index is 13.4. The molecular formula is C24H18ClF3N2O3. The first kappa shape index (κ1) is 22.5. The second-order valence-electron chi connectivity index (χ2n) is 7.33. The lowest BCUT2D eigenvalue weighted by Crippen LogP contribution is -2.16. The molecule has 3 N–H and O–H groups in total. The average Bonchev–Trinajstić information content (AvgIpc) is 2.78. The maximum absolute atomic E-state index is 13.4. The number of ether oxygens (including phenoxy) is 1. The van der Waals surface area contributed by atoms with Crippen LogP contribution in [-0.2, 0) is 12.7 Å². The SMILES string of the molecule is COc1ccc(CNc2c(-c3cc(Cl)ccc3O)c3cc(C(F)(F)F)ccc3[nH]c2=O)cc1. The van der Waals surface area contributed by atoms with Crippen molar-refractivity contribution >= 4 is 28.2 Å². The molecule has 0 radical (unpaired) electrons. The zero-order valence-corrected chi connectivity index (χ0v) is 18.0. The van der Waals surface area contributed by atoms with Crippen molar-refractivity contribution in [1.82, 2.24) is 4.98 Å². The fourth-order valence-corrected chi connectivity index (χ4v) is 3.73. The van der Waals surface area contributed by atoms with Crippen molar-refractivity contribution in [2.45, 2.75) is 12.7 Å². The summed E-state index contributed by atoms with van der Waals surface area (Å²) in [5.74, 6) is 0.433. The fourth-order valence-electron chi connectivity index (χ4n) is 3.56. The number of pyridine rings is 1. The summed E-state index contributed by atoms with van der Waals surface area (Å²) in [4.78, 5) is 15.6. The number of halogens is 4. The largest absolute Gasteiger partial charge is 0.507 e. The van der Waals surface area contributed by atoms with E-state index in [1.54, 1.807) is 31.4 Å². The van der Waals surface area contributed by atoms with Crippen LogP contribution >= 0.6 is 11.6 Å². The first-order chi connectivity index (χ1) is 15.7. The van der Waals surface area contributed by atoms with Crippen LogP contribution in [-0.4, -0.2) is 17.2 Å². The number of fused-ring (bicyclic) bond motifs is 1. The number of aromatic hydroxyl groups is 1. The molecule has 0 aliphatic carbocycles. The van der Waals surface area contributed by atoms with Crippen molar-refractivity contribution in [2.75, 3.05) is 12.4 Å². The Morgan fingerprint density at radius 1 is 1.06 bits per heavy atom. The molecule has 4 aromatic rings. The van der Waals surface area contributed by atoms with E-state index in [1.807, 2.05) is 0 Å². The van der Waals surface area contributed by atoms with E-state index in [2.05, 4.69) is 10.3 Å².